The average Bonchev–Trinajstić information content (AvgIpc) is 2.40. The van der Waals surface area contributed by atoms with E-state index in [0.717, 1.165) is 5.56 Å². The Morgan fingerprint density at radius 3 is 3.22 bits per heavy atom. The topological polar surface area (TPSA) is 77.2 Å². The van der Waals surface area contributed by atoms with Crippen LogP contribution < -0.4 is 15.8 Å². The van der Waals surface area contributed by atoms with Gasteiger partial charge in [0.25, 0.3) is 5.91 Å². The van der Waals surface area contributed by atoms with Crippen molar-refractivity contribution in [1.29, 1.82) is 0 Å². The second-order valence-corrected chi connectivity index (χ2v) is 3.94. The van der Waals surface area contributed by atoms with Gasteiger partial charge < -0.3 is 15.8 Å². The number of ether oxygens (including phenoxy) is 1. The van der Waals surface area contributed by atoms with Gasteiger partial charge in [-0.2, -0.15) is 0 Å². The van der Waals surface area contributed by atoms with Crippen molar-refractivity contribution in [2.75, 3.05) is 19.7 Å². The maximum atomic E-state index is 12.3. The molecular formula is C12H14FN3O2. The number of carbonyl (C=O) groups excluding carboxylic acids is 1. The maximum absolute atomic E-state index is 12.3. The maximum Gasteiger partial charge on any atom is 0.270 e. The van der Waals surface area contributed by atoms with Crippen LogP contribution in [0.25, 0.3) is 0 Å². The zero-order valence-corrected chi connectivity index (χ0v) is 9.78. The molecule has 1 aliphatic rings. The summed E-state index contributed by atoms with van der Waals surface area (Å²) in [5.74, 6) is 0.338. The average molecular weight is 251 g/mol. The smallest absolute Gasteiger partial charge is 0.270 e. The lowest BCUT2D eigenvalue weighted by molar-refractivity contribution is 0.0940. The summed E-state index contributed by atoms with van der Waals surface area (Å²) >= 11 is 0. The Balaban J connectivity index is 2.09. The molecule has 1 aromatic heterocycles. The minimum Gasteiger partial charge on any atom is -0.487 e. The number of fused-ring (bicyclic) bond motifs is 1. The summed E-state index contributed by atoms with van der Waals surface area (Å²) in [5.41, 5.74) is 6.95. The van der Waals surface area contributed by atoms with Crippen molar-refractivity contribution in [2.24, 2.45) is 5.73 Å². The van der Waals surface area contributed by atoms with Crippen LogP contribution in [0.5, 0.6) is 5.75 Å². The largest absolute Gasteiger partial charge is 0.487 e. The molecule has 0 saturated heterocycles. The van der Waals surface area contributed by atoms with E-state index in [1.165, 1.54) is 6.20 Å². The Bertz CT molecular complexity index is 488. The number of halogens is 1. The SMILES string of the molecule is NCC(=CF)COc1cnc2c(c1)CCNC2=O. The molecule has 1 aromatic rings. The minimum absolute atomic E-state index is 0.0830. The highest BCUT2D eigenvalue weighted by Gasteiger charge is 2.18. The highest BCUT2D eigenvalue weighted by Crippen LogP contribution is 2.18. The van der Waals surface area contributed by atoms with E-state index in [0.29, 0.717) is 36.3 Å². The van der Waals surface area contributed by atoms with Crippen molar-refractivity contribution < 1.29 is 13.9 Å². The van der Waals surface area contributed by atoms with E-state index in [2.05, 4.69) is 10.3 Å². The first-order valence-electron chi connectivity index (χ1n) is 5.62. The number of nitrogens with two attached hydrogens (primary N) is 1. The van der Waals surface area contributed by atoms with Gasteiger partial charge in [0.15, 0.2) is 0 Å². The van der Waals surface area contributed by atoms with Crippen molar-refractivity contribution in [2.45, 2.75) is 6.42 Å². The summed E-state index contributed by atoms with van der Waals surface area (Å²) in [4.78, 5) is 15.5. The number of hydrogen-bond donors (Lipinski definition) is 2. The molecular weight excluding hydrogens is 237 g/mol. The number of aromatic nitrogens is 1. The molecule has 0 aliphatic carbocycles. The van der Waals surface area contributed by atoms with Gasteiger partial charge in [0.1, 0.15) is 18.1 Å². The zero-order chi connectivity index (χ0) is 13.0. The lowest BCUT2D eigenvalue weighted by Gasteiger charge is -2.16. The number of carbonyl (C=O) groups is 1. The zero-order valence-electron chi connectivity index (χ0n) is 9.78. The number of nitrogens with one attached hydrogen (secondary N) is 1. The van der Waals surface area contributed by atoms with Crippen LogP contribution in [0.4, 0.5) is 4.39 Å². The predicted molar refractivity (Wildman–Crippen MR) is 64.0 cm³/mol. The van der Waals surface area contributed by atoms with Crippen molar-refractivity contribution in [1.82, 2.24) is 10.3 Å². The van der Waals surface area contributed by atoms with Crippen LogP contribution in [0.3, 0.4) is 0 Å². The highest BCUT2D eigenvalue weighted by atomic mass is 19.1. The lowest BCUT2D eigenvalue weighted by atomic mass is 10.1. The van der Waals surface area contributed by atoms with Crippen molar-refractivity contribution >= 4 is 5.91 Å². The van der Waals surface area contributed by atoms with Gasteiger partial charge in [-0.3, -0.25) is 4.79 Å². The van der Waals surface area contributed by atoms with E-state index in [-0.39, 0.29) is 19.1 Å². The number of nitrogens with zero attached hydrogens (tertiary/aromatic N) is 1. The van der Waals surface area contributed by atoms with Crippen LogP contribution in [-0.4, -0.2) is 30.6 Å². The van der Waals surface area contributed by atoms with E-state index in [1.54, 1.807) is 6.07 Å². The molecule has 96 valence electrons. The van der Waals surface area contributed by atoms with Crippen LogP contribution >= 0.6 is 0 Å². The molecule has 2 rings (SSSR count). The van der Waals surface area contributed by atoms with Crippen LogP contribution in [0, 0.1) is 0 Å². The number of rotatable bonds is 4. The molecule has 0 aromatic carbocycles. The third-order valence-electron chi connectivity index (χ3n) is 2.68. The fourth-order valence-corrected chi connectivity index (χ4v) is 1.67. The molecule has 1 amide bonds. The first-order chi connectivity index (χ1) is 8.74. The van der Waals surface area contributed by atoms with Gasteiger partial charge in [-0.25, -0.2) is 9.37 Å². The van der Waals surface area contributed by atoms with Gasteiger partial charge in [-0.15, -0.1) is 0 Å². The number of hydrogen-bond acceptors (Lipinski definition) is 4. The Morgan fingerprint density at radius 2 is 2.50 bits per heavy atom. The van der Waals surface area contributed by atoms with Crippen LogP contribution in [0.1, 0.15) is 16.1 Å². The van der Waals surface area contributed by atoms with Gasteiger partial charge in [0.2, 0.25) is 0 Å². The predicted octanol–water partition coefficient (Wildman–Crippen LogP) is 0.558. The van der Waals surface area contributed by atoms with Crippen LogP contribution in [-0.2, 0) is 6.42 Å². The highest BCUT2D eigenvalue weighted by molar-refractivity contribution is 5.94. The summed E-state index contributed by atoms with van der Waals surface area (Å²) in [6, 6.07) is 1.76. The van der Waals surface area contributed by atoms with Crippen molar-refractivity contribution in [3.8, 4) is 5.75 Å². The normalized spacial score (nSPS) is 15.0. The van der Waals surface area contributed by atoms with Crippen LogP contribution in [0.2, 0.25) is 0 Å². The molecule has 5 nitrogen and oxygen atoms in total. The minimum atomic E-state index is -0.172. The third kappa shape index (κ3) is 2.65. The van der Waals surface area contributed by atoms with Gasteiger partial charge in [0, 0.05) is 18.7 Å². The number of amides is 1. The second-order valence-electron chi connectivity index (χ2n) is 3.94. The summed E-state index contributed by atoms with van der Waals surface area (Å²) < 4.78 is 17.7. The molecule has 0 saturated carbocycles. The standard InChI is InChI=1S/C12H14FN3O2/c13-4-8(5-14)7-18-10-3-9-1-2-15-12(17)11(9)16-6-10/h3-4,6H,1-2,5,7,14H2,(H,15,17). The molecule has 0 unspecified atom stereocenters. The molecule has 2 heterocycles. The van der Waals surface area contributed by atoms with E-state index in [9.17, 15) is 9.18 Å². The lowest BCUT2D eigenvalue weighted by Crippen LogP contribution is -2.32. The molecule has 0 radical (unpaired) electrons. The summed E-state index contributed by atoms with van der Waals surface area (Å²) in [6.45, 7) is 0.784. The molecule has 18 heavy (non-hydrogen) atoms. The number of pyridine rings is 1. The molecule has 0 spiro atoms. The van der Waals surface area contributed by atoms with Gasteiger partial charge in [0.05, 0.1) is 12.5 Å². The van der Waals surface area contributed by atoms with E-state index < -0.39 is 0 Å². The molecule has 0 bridgehead atoms. The molecule has 3 N–H and O–H groups in total. The van der Waals surface area contributed by atoms with Crippen molar-refractivity contribution in [3.05, 3.63) is 35.4 Å². The summed E-state index contributed by atoms with van der Waals surface area (Å²) in [7, 11) is 0. The Labute approximate surface area is 104 Å². The van der Waals surface area contributed by atoms with E-state index in [1.807, 2.05) is 0 Å². The Morgan fingerprint density at radius 1 is 1.67 bits per heavy atom. The molecule has 0 fully saturated rings. The van der Waals surface area contributed by atoms with Crippen LogP contribution in [0.15, 0.2) is 24.2 Å². The second kappa shape index (κ2) is 5.59. The summed E-state index contributed by atoms with van der Waals surface area (Å²) in [5, 5.41) is 2.71. The van der Waals surface area contributed by atoms with Gasteiger partial charge >= 0.3 is 0 Å². The van der Waals surface area contributed by atoms with Gasteiger partial charge in [-0.05, 0) is 18.1 Å². The third-order valence-corrected chi connectivity index (χ3v) is 2.68. The Hall–Kier alpha value is -1.95. The fraction of sp³-hybridized carbons (Fsp3) is 0.333. The first-order valence-corrected chi connectivity index (χ1v) is 5.62. The quantitative estimate of drug-likeness (QED) is 0.819. The Kier molecular flexibility index (Phi) is 3.88. The fourth-order valence-electron chi connectivity index (χ4n) is 1.67. The van der Waals surface area contributed by atoms with E-state index in [4.69, 9.17) is 10.5 Å². The summed E-state index contributed by atoms with van der Waals surface area (Å²) in [6.07, 6.45) is 2.61. The van der Waals surface area contributed by atoms with Gasteiger partial charge in [-0.1, -0.05) is 0 Å². The first kappa shape index (κ1) is 12.5. The monoisotopic (exact) mass is 251 g/mol. The van der Waals surface area contributed by atoms with Crippen molar-refractivity contribution in [3.63, 3.8) is 0 Å². The molecule has 6 heteroatoms. The molecule has 1 aliphatic heterocycles. The molecule has 0 atom stereocenters. The van der Waals surface area contributed by atoms with E-state index >= 15 is 0 Å².